The van der Waals surface area contributed by atoms with Crippen LogP contribution in [0.1, 0.15) is 15.9 Å². The summed E-state index contributed by atoms with van der Waals surface area (Å²) in [6.45, 7) is 3.90. The molecule has 0 radical (unpaired) electrons. The molecule has 0 aliphatic rings. The number of carbonyl (C=O) groups excluding carboxylic acids is 1. The third-order valence-corrected chi connectivity index (χ3v) is 3.91. The summed E-state index contributed by atoms with van der Waals surface area (Å²) in [6, 6.07) is 9.92. The largest absolute Gasteiger partial charge is 0.487 e. The molecule has 2 aromatic carbocycles. The summed E-state index contributed by atoms with van der Waals surface area (Å²) >= 11 is 17.9. The second kappa shape index (κ2) is 8.25. The first-order valence-electron chi connectivity index (χ1n) is 6.65. The summed E-state index contributed by atoms with van der Waals surface area (Å²) in [6.07, 6.45) is 1.49. The summed E-state index contributed by atoms with van der Waals surface area (Å²) in [4.78, 5) is 11.7. The Morgan fingerprint density at radius 1 is 1.04 bits per heavy atom. The molecule has 0 heterocycles. The zero-order valence-corrected chi connectivity index (χ0v) is 14.3. The van der Waals surface area contributed by atoms with Gasteiger partial charge in [-0.3, -0.25) is 0 Å². The fourth-order valence-corrected chi connectivity index (χ4v) is 2.31. The number of halogens is 3. The Morgan fingerprint density at radius 3 is 2.48 bits per heavy atom. The van der Waals surface area contributed by atoms with Gasteiger partial charge in [0.15, 0.2) is 0 Å². The van der Waals surface area contributed by atoms with Crippen LogP contribution in [0, 0.1) is 0 Å². The van der Waals surface area contributed by atoms with E-state index in [1.165, 1.54) is 12.1 Å². The van der Waals surface area contributed by atoms with E-state index in [2.05, 4.69) is 6.58 Å². The minimum atomic E-state index is -0.470. The van der Waals surface area contributed by atoms with Gasteiger partial charge in [0, 0.05) is 0 Å². The molecule has 0 aliphatic heterocycles. The average molecular weight is 372 g/mol. The SMILES string of the molecule is C=CCOC(=O)c1ccc(OCc2ccc(Cl)c(Cl)c2)c(Cl)c1. The van der Waals surface area contributed by atoms with Gasteiger partial charge in [-0.1, -0.05) is 53.5 Å². The smallest absolute Gasteiger partial charge is 0.338 e. The predicted molar refractivity (Wildman–Crippen MR) is 92.7 cm³/mol. The second-order valence-electron chi connectivity index (χ2n) is 4.57. The van der Waals surface area contributed by atoms with Crippen LogP contribution in [0.4, 0.5) is 0 Å². The molecule has 2 rings (SSSR count). The quantitative estimate of drug-likeness (QED) is 0.492. The van der Waals surface area contributed by atoms with Crippen LogP contribution < -0.4 is 4.74 Å². The molecule has 3 nitrogen and oxygen atoms in total. The van der Waals surface area contributed by atoms with E-state index in [0.29, 0.717) is 26.4 Å². The molecule has 0 bridgehead atoms. The van der Waals surface area contributed by atoms with Gasteiger partial charge >= 0.3 is 5.97 Å². The van der Waals surface area contributed by atoms with Gasteiger partial charge in [0.1, 0.15) is 19.0 Å². The molecule has 0 saturated heterocycles. The molecule has 0 N–H and O–H groups in total. The molecule has 2 aromatic rings. The van der Waals surface area contributed by atoms with Gasteiger partial charge in [-0.05, 0) is 35.9 Å². The normalized spacial score (nSPS) is 10.2. The van der Waals surface area contributed by atoms with E-state index >= 15 is 0 Å². The maximum absolute atomic E-state index is 11.7. The van der Waals surface area contributed by atoms with Crippen LogP contribution in [0.5, 0.6) is 5.75 Å². The van der Waals surface area contributed by atoms with E-state index in [9.17, 15) is 4.79 Å². The number of ether oxygens (including phenoxy) is 2. The lowest BCUT2D eigenvalue weighted by Crippen LogP contribution is -2.05. The Labute approximate surface area is 149 Å². The van der Waals surface area contributed by atoms with Crippen LogP contribution in [0.15, 0.2) is 49.1 Å². The first-order valence-corrected chi connectivity index (χ1v) is 7.79. The van der Waals surface area contributed by atoms with E-state index in [-0.39, 0.29) is 13.2 Å². The molecule has 0 fully saturated rings. The number of esters is 1. The highest BCUT2D eigenvalue weighted by Gasteiger charge is 2.10. The van der Waals surface area contributed by atoms with Gasteiger partial charge < -0.3 is 9.47 Å². The predicted octanol–water partition coefficient (Wildman–Crippen LogP) is 5.57. The van der Waals surface area contributed by atoms with Crippen LogP contribution >= 0.6 is 34.8 Å². The van der Waals surface area contributed by atoms with Crippen LogP contribution in [0.2, 0.25) is 15.1 Å². The van der Waals surface area contributed by atoms with Crippen molar-refractivity contribution >= 4 is 40.8 Å². The molecule has 0 aromatic heterocycles. The molecule has 23 heavy (non-hydrogen) atoms. The lowest BCUT2D eigenvalue weighted by molar-refractivity contribution is 0.0549. The maximum Gasteiger partial charge on any atom is 0.338 e. The Kier molecular flexibility index (Phi) is 6.34. The van der Waals surface area contributed by atoms with E-state index in [1.54, 1.807) is 24.3 Å². The lowest BCUT2D eigenvalue weighted by Gasteiger charge is -2.10. The van der Waals surface area contributed by atoms with E-state index < -0.39 is 5.97 Å². The monoisotopic (exact) mass is 370 g/mol. The molecule has 0 unspecified atom stereocenters. The zero-order chi connectivity index (χ0) is 16.8. The van der Waals surface area contributed by atoms with Gasteiger partial charge in [-0.2, -0.15) is 0 Å². The minimum Gasteiger partial charge on any atom is -0.487 e. The first-order chi connectivity index (χ1) is 11.0. The van der Waals surface area contributed by atoms with Gasteiger partial charge in [-0.25, -0.2) is 4.79 Å². The summed E-state index contributed by atoms with van der Waals surface area (Å²) in [5.74, 6) is -0.0131. The topological polar surface area (TPSA) is 35.5 Å². The van der Waals surface area contributed by atoms with Crippen molar-refractivity contribution in [2.75, 3.05) is 6.61 Å². The van der Waals surface area contributed by atoms with Crippen LogP contribution in [-0.2, 0) is 11.3 Å². The summed E-state index contributed by atoms with van der Waals surface area (Å²) in [5.41, 5.74) is 1.20. The molecular weight excluding hydrogens is 359 g/mol. The zero-order valence-electron chi connectivity index (χ0n) is 12.0. The van der Waals surface area contributed by atoms with E-state index in [0.717, 1.165) is 5.56 Å². The highest BCUT2D eigenvalue weighted by atomic mass is 35.5. The molecular formula is C17H13Cl3O3. The summed E-state index contributed by atoms with van der Waals surface area (Å²) in [5, 5.41) is 1.26. The molecule has 0 amide bonds. The lowest BCUT2D eigenvalue weighted by atomic mass is 10.2. The van der Waals surface area contributed by atoms with Crippen molar-refractivity contribution in [3.63, 3.8) is 0 Å². The van der Waals surface area contributed by atoms with Gasteiger partial charge in [-0.15, -0.1) is 0 Å². The van der Waals surface area contributed by atoms with Crippen molar-refractivity contribution in [1.29, 1.82) is 0 Å². The molecule has 0 aliphatic carbocycles. The van der Waals surface area contributed by atoms with Crippen molar-refractivity contribution < 1.29 is 14.3 Å². The third-order valence-electron chi connectivity index (χ3n) is 2.88. The standard InChI is InChI=1S/C17H13Cl3O3/c1-2-7-22-17(21)12-4-6-16(15(20)9-12)23-10-11-3-5-13(18)14(19)8-11/h2-6,8-9H,1,7,10H2. The fraction of sp³-hybridized carbons (Fsp3) is 0.118. The van der Waals surface area contributed by atoms with Crippen LogP contribution in [0.3, 0.4) is 0 Å². The van der Waals surface area contributed by atoms with E-state index in [4.69, 9.17) is 44.3 Å². The number of rotatable bonds is 6. The molecule has 6 heteroatoms. The number of hydrogen-bond acceptors (Lipinski definition) is 3. The van der Waals surface area contributed by atoms with Gasteiger partial charge in [0.05, 0.1) is 20.6 Å². The highest BCUT2D eigenvalue weighted by molar-refractivity contribution is 6.42. The van der Waals surface area contributed by atoms with Gasteiger partial charge in [0.2, 0.25) is 0 Å². The highest BCUT2D eigenvalue weighted by Crippen LogP contribution is 2.28. The van der Waals surface area contributed by atoms with Crippen LogP contribution in [0.25, 0.3) is 0 Å². The van der Waals surface area contributed by atoms with Crippen LogP contribution in [-0.4, -0.2) is 12.6 Å². The molecule has 0 saturated carbocycles. The average Bonchev–Trinajstić information content (AvgIpc) is 2.54. The van der Waals surface area contributed by atoms with Gasteiger partial charge in [0.25, 0.3) is 0 Å². The van der Waals surface area contributed by atoms with Crippen molar-refractivity contribution in [1.82, 2.24) is 0 Å². The van der Waals surface area contributed by atoms with Crippen molar-refractivity contribution in [3.8, 4) is 5.75 Å². The number of carbonyl (C=O) groups is 1. The third kappa shape index (κ3) is 4.90. The van der Waals surface area contributed by atoms with Crippen molar-refractivity contribution in [2.45, 2.75) is 6.61 Å². The maximum atomic E-state index is 11.7. The second-order valence-corrected chi connectivity index (χ2v) is 5.79. The Hall–Kier alpha value is -1.68. The van der Waals surface area contributed by atoms with E-state index in [1.807, 2.05) is 6.07 Å². The number of benzene rings is 2. The number of hydrogen-bond donors (Lipinski definition) is 0. The summed E-state index contributed by atoms with van der Waals surface area (Å²) in [7, 11) is 0. The van der Waals surface area contributed by atoms with Crippen molar-refractivity contribution in [2.24, 2.45) is 0 Å². The molecule has 0 spiro atoms. The molecule has 0 atom stereocenters. The fourth-order valence-electron chi connectivity index (χ4n) is 1.75. The summed E-state index contributed by atoms with van der Waals surface area (Å²) < 4.78 is 10.6. The van der Waals surface area contributed by atoms with Crippen molar-refractivity contribution in [3.05, 3.63) is 75.2 Å². The Bertz CT molecular complexity index is 729. The Morgan fingerprint density at radius 2 is 1.83 bits per heavy atom. The first kappa shape index (κ1) is 17.7. The minimum absolute atomic E-state index is 0.145. The Balaban J connectivity index is 2.04. The molecule has 120 valence electrons.